The molecule has 0 spiro atoms. The molecule has 7 nitrogen and oxygen atoms in total. The van der Waals surface area contributed by atoms with Gasteiger partial charge in [-0.1, -0.05) is 28.4 Å². The summed E-state index contributed by atoms with van der Waals surface area (Å²) in [5, 5.41) is 23.1. The molecule has 0 aliphatic carbocycles. The normalized spacial score (nSPS) is 11.3. The van der Waals surface area contributed by atoms with Crippen LogP contribution in [0.4, 0.5) is 5.69 Å². The van der Waals surface area contributed by atoms with Gasteiger partial charge in [-0.25, -0.2) is 0 Å². The number of ether oxygens (including phenoxy) is 1. The Labute approximate surface area is 134 Å². The maximum absolute atomic E-state index is 11.1. The summed E-state index contributed by atoms with van der Waals surface area (Å²) >= 11 is 11.7. The summed E-state index contributed by atoms with van der Waals surface area (Å²) in [7, 11) is 0. The van der Waals surface area contributed by atoms with E-state index in [1.165, 1.54) is 30.3 Å². The van der Waals surface area contributed by atoms with Crippen molar-refractivity contribution in [2.75, 3.05) is 0 Å². The second-order valence-corrected chi connectivity index (χ2v) is 4.92. The van der Waals surface area contributed by atoms with E-state index in [1.807, 2.05) is 0 Å². The van der Waals surface area contributed by atoms with E-state index in [0.29, 0.717) is 5.02 Å². The van der Waals surface area contributed by atoms with Crippen molar-refractivity contribution in [1.29, 1.82) is 0 Å². The fourth-order valence-electron chi connectivity index (χ4n) is 1.63. The van der Waals surface area contributed by atoms with Crippen molar-refractivity contribution in [3.8, 4) is 11.5 Å². The minimum absolute atomic E-state index is 0.0159. The van der Waals surface area contributed by atoms with Crippen molar-refractivity contribution in [3.05, 3.63) is 62.1 Å². The molecule has 0 aliphatic rings. The Morgan fingerprint density at radius 2 is 1.95 bits per heavy atom. The predicted octanol–water partition coefficient (Wildman–Crippen LogP) is 3.79. The lowest BCUT2D eigenvalue weighted by Crippen LogP contribution is -2.13. The quantitative estimate of drug-likeness (QED) is 0.289. The number of oxime groups is 1. The van der Waals surface area contributed by atoms with Crippen LogP contribution in [0.25, 0.3) is 0 Å². The van der Waals surface area contributed by atoms with E-state index >= 15 is 0 Å². The molecule has 0 atom stereocenters. The molecule has 9 heteroatoms. The van der Waals surface area contributed by atoms with Crippen molar-refractivity contribution < 1.29 is 14.9 Å². The summed E-state index contributed by atoms with van der Waals surface area (Å²) in [6.07, 6.45) is 0. The van der Waals surface area contributed by atoms with Crippen LogP contribution in [-0.4, -0.2) is 16.0 Å². The van der Waals surface area contributed by atoms with Gasteiger partial charge in [0.15, 0.2) is 5.84 Å². The Morgan fingerprint density at radius 3 is 2.55 bits per heavy atom. The molecule has 114 valence electrons. The number of amidine groups is 1. The number of nitro groups is 1. The maximum Gasteiger partial charge on any atom is 0.312 e. The minimum Gasteiger partial charge on any atom is -0.450 e. The van der Waals surface area contributed by atoms with Crippen LogP contribution in [0.3, 0.4) is 0 Å². The van der Waals surface area contributed by atoms with Gasteiger partial charge < -0.3 is 15.7 Å². The number of nitrogens with two attached hydrogens (primary N) is 1. The summed E-state index contributed by atoms with van der Waals surface area (Å²) in [6.45, 7) is 0. The van der Waals surface area contributed by atoms with Crippen LogP contribution in [0.2, 0.25) is 10.0 Å². The van der Waals surface area contributed by atoms with Crippen LogP contribution in [0.15, 0.2) is 41.6 Å². The molecule has 2 aromatic carbocycles. The van der Waals surface area contributed by atoms with Gasteiger partial charge in [0.05, 0.1) is 15.0 Å². The Morgan fingerprint density at radius 1 is 1.23 bits per heavy atom. The number of nitrogens with zero attached hydrogens (tertiary/aromatic N) is 2. The summed E-state index contributed by atoms with van der Waals surface area (Å²) in [6, 6.07) is 8.38. The first-order chi connectivity index (χ1) is 10.4. The van der Waals surface area contributed by atoms with Crippen LogP contribution < -0.4 is 10.5 Å². The molecule has 22 heavy (non-hydrogen) atoms. The number of nitro benzene ring substituents is 1. The van der Waals surface area contributed by atoms with Crippen molar-refractivity contribution in [1.82, 2.24) is 0 Å². The lowest BCUT2D eigenvalue weighted by Gasteiger charge is -2.08. The molecule has 0 unspecified atom stereocenters. The Kier molecular flexibility index (Phi) is 4.69. The molecular formula is C13H9Cl2N3O4. The molecule has 0 saturated carbocycles. The van der Waals surface area contributed by atoms with Gasteiger partial charge in [0, 0.05) is 17.7 Å². The predicted molar refractivity (Wildman–Crippen MR) is 82.1 cm³/mol. The SMILES string of the molecule is NC(=NO)c1ccc(Oc2ccc(Cl)c(Cl)c2)c([N+](=O)[O-])c1. The Bertz CT molecular complexity index is 765. The van der Waals surface area contributed by atoms with Gasteiger partial charge in [-0.15, -0.1) is 0 Å². The fourth-order valence-corrected chi connectivity index (χ4v) is 1.92. The third-order valence-electron chi connectivity index (χ3n) is 2.68. The molecule has 0 radical (unpaired) electrons. The molecule has 3 N–H and O–H groups in total. The maximum atomic E-state index is 11.1. The first-order valence-corrected chi connectivity index (χ1v) is 6.57. The third kappa shape index (κ3) is 3.38. The van der Waals surface area contributed by atoms with Crippen LogP contribution in [0, 0.1) is 10.1 Å². The average molecular weight is 342 g/mol. The molecule has 0 bridgehead atoms. The van der Waals surface area contributed by atoms with Crippen molar-refractivity contribution in [2.24, 2.45) is 10.9 Å². The first kappa shape index (κ1) is 15.9. The van der Waals surface area contributed by atoms with Gasteiger partial charge in [-0.2, -0.15) is 0 Å². The zero-order valence-corrected chi connectivity index (χ0v) is 12.4. The molecule has 0 aromatic heterocycles. The minimum atomic E-state index is -0.638. The second-order valence-electron chi connectivity index (χ2n) is 4.10. The Hall–Kier alpha value is -2.51. The van der Waals surface area contributed by atoms with Gasteiger partial charge in [-0.3, -0.25) is 10.1 Å². The lowest BCUT2D eigenvalue weighted by molar-refractivity contribution is -0.385. The van der Waals surface area contributed by atoms with Gasteiger partial charge in [0.1, 0.15) is 5.75 Å². The molecule has 0 saturated heterocycles. The summed E-state index contributed by atoms with van der Waals surface area (Å²) in [5.74, 6) is 0.0242. The number of benzene rings is 2. The van der Waals surface area contributed by atoms with Gasteiger partial charge in [0.2, 0.25) is 5.75 Å². The zero-order valence-electron chi connectivity index (χ0n) is 10.9. The molecule has 0 aliphatic heterocycles. The Balaban J connectivity index is 2.42. The van der Waals surface area contributed by atoms with Crippen LogP contribution in [0.5, 0.6) is 11.5 Å². The van der Waals surface area contributed by atoms with E-state index < -0.39 is 4.92 Å². The zero-order chi connectivity index (χ0) is 16.3. The highest BCUT2D eigenvalue weighted by Crippen LogP contribution is 2.34. The van der Waals surface area contributed by atoms with Crippen LogP contribution in [0.1, 0.15) is 5.56 Å². The molecule has 2 aromatic rings. The number of hydrogen-bond acceptors (Lipinski definition) is 5. The summed E-state index contributed by atoms with van der Waals surface area (Å²) in [5.41, 5.74) is 5.26. The van der Waals surface area contributed by atoms with Gasteiger partial charge in [0.25, 0.3) is 0 Å². The third-order valence-corrected chi connectivity index (χ3v) is 3.42. The molecule has 0 fully saturated rings. The monoisotopic (exact) mass is 341 g/mol. The first-order valence-electron chi connectivity index (χ1n) is 5.81. The fraction of sp³-hybridized carbons (Fsp3) is 0. The standard InChI is InChI=1S/C13H9Cl2N3O4/c14-9-3-2-8(6-10(9)15)22-12-4-1-7(13(16)17-19)5-11(12)18(20)21/h1-6,19H,(H2,16,17). The number of hydrogen-bond donors (Lipinski definition) is 2. The van der Waals surface area contributed by atoms with Crippen molar-refractivity contribution in [3.63, 3.8) is 0 Å². The van der Waals surface area contributed by atoms with Crippen LogP contribution in [-0.2, 0) is 0 Å². The van der Waals surface area contributed by atoms with E-state index in [4.69, 9.17) is 38.9 Å². The van der Waals surface area contributed by atoms with Gasteiger partial charge >= 0.3 is 5.69 Å². The topological polar surface area (TPSA) is 111 Å². The van der Waals surface area contributed by atoms with E-state index in [1.54, 1.807) is 0 Å². The smallest absolute Gasteiger partial charge is 0.312 e. The molecular weight excluding hydrogens is 333 g/mol. The van der Waals surface area contributed by atoms with E-state index in [0.717, 1.165) is 6.07 Å². The van der Waals surface area contributed by atoms with Crippen molar-refractivity contribution >= 4 is 34.7 Å². The lowest BCUT2D eigenvalue weighted by atomic mass is 10.1. The van der Waals surface area contributed by atoms with E-state index in [9.17, 15) is 10.1 Å². The van der Waals surface area contributed by atoms with E-state index in [2.05, 4.69) is 5.16 Å². The van der Waals surface area contributed by atoms with Crippen LogP contribution >= 0.6 is 23.2 Å². The molecule has 0 heterocycles. The largest absolute Gasteiger partial charge is 0.450 e. The summed E-state index contributed by atoms with van der Waals surface area (Å²) in [4.78, 5) is 10.5. The second kappa shape index (κ2) is 6.50. The number of halogens is 2. The summed E-state index contributed by atoms with van der Waals surface area (Å²) < 4.78 is 5.45. The molecule has 2 rings (SSSR count). The van der Waals surface area contributed by atoms with Gasteiger partial charge in [-0.05, 0) is 24.3 Å². The van der Waals surface area contributed by atoms with E-state index in [-0.39, 0.29) is 33.6 Å². The molecule has 0 amide bonds. The highest BCUT2D eigenvalue weighted by molar-refractivity contribution is 6.42. The highest BCUT2D eigenvalue weighted by Gasteiger charge is 2.18. The van der Waals surface area contributed by atoms with Crippen molar-refractivity contribution in [2.45, 2.75) is 0 Å². The highest BCUT2D eigenvalue weighted by atomic mass is 35.5. The average Bonchev–Trinajstić information content (AvgIpc) is 2.50. The number of rotatable bonds is 4.